The largest absolute Gasteiger partial charge is 0.362 e. The number of carbonyl (C=O) groups excluding carboxylic acids is 2. The summed E-state index contributed by atoms with van der Waals surface area (Å²) < 4.78 is 5.14. The molecule has 1 rings (SSSR count). The van der Waals surface area contributed by atoms with E-state index in [0.717, 1.165) is 12.8 Å². The Morgan fingerprint density at radius 2 is 1.84 bits per heavy atom. The van der Waals surface area contributed by atoms with Crippen molar-refractivity contribution < 1.29 is 14.3 Å². The highest BCUT2D eigenvalue weighted by Crippen LogP contribution is 2.29. The first-order valence-electron chi connectivity index (χ1n) is 8.55. The Hall–Kier alpha value is -1.30. The van der Waals surface area contributed by atoms with Crippen molar-refractivity contribution in [2.45, 2.75) is 52.0 Å². The molecule has 25 heavy (non-hydrogen) atoms. The number of nitrogens with one attached hydrogen (secondary N) is 2. The third kappa shape index (κ3) is 9.10. The average Bonchev–Trinajstić information content (AvgIpc) is 2.56. The molecule has 7 heteroatoms. The maximum Gasteiger partial charge on any atom is 0.250 e. The van der Waals surface area contributed by atoms with Crippen molar-refractivity contribution in [3.05, 3.63) is 28.2 Å². The Balaban J connectivity index is 2.22. The minimum absolute atomic E-state index is 0.104. The summed E-state index contributed by atoms with van der Waals surface area (Å²) >= 11 is 11.9. The number of benzene rings is 1. The maximum atomic E-state index is 11.8. The quantitative estimate of drug-likeness (QED) is 0.551. The summed E-state index contributed by atoms with van der Waals surface area (Å²) in [5.41, 5.74) is 0.410. The molecule has 0 aliphatic carbocycles. The predicted molar refractivity (Wildman–Crippen MR) is 102 cm³/mol. The first-order chi connectivity index (χ1) is 11.9. The highest BCUT2D eigenvalue weighted by molar-refractivity contribution is 6.43. The van der Waals surface area contributed by atoms with E-state index in [-0.39, 0.29) is 30.2 Å². The van der Waals surface area contributed by atoms with Crippen LogP contribution in [-0.2, 0) is 14.3 Å². The molecule has 1 aromatic rings. The lowest BCUT2D eigenvalue weighted by molar-refractivity contribution is -0.129. The van der Waals surface area contributed by atoms with Gasteiger partial charge in [0.25, 0.3) is 0 Å². The number of rotatable bonds is 11. The fourth-order valence-electron chi connectivity index (χ4n) is 2.29. The van der Waals surface area contributed by atoms with Crippen LogP contribution in [0.3, 0.4) is 0 Å². The predicted octanol–water partition coefficient (Wildman–Crippen LogP) is 4.42. The van der Waals surface area contributed by atoms with Gasteiger partial charge in [0.05, 0.1) is 15.7 Å². The van der Waals surface area contributed by atoms with E-state index in [4.69, 9.17) is 27.9 Å². The lowest BCUT2D eigenvalue weighted by Crippen LogP contribution is -2.36. The van der Waals surface area contributed by atoms with E-state index >= 15 is 0 Å². The molecular weight excluding hydrogens is 363 g/mol. The van der Waals surface area contributed by atoms with Gasteiger partial charge in [-0.3, -0.25) is 9.59 Å². The van der Waals surface area contributed by atoms with Gasteiger partial charge >= 0.3 is 0 Å². The van der Waals surface area contributed by atoms with E-state index in [1.54, 1.807) is 18.2 Å². The van der Waals surface area contributed by atoms with Crippen molar-refractivity contribution in [2.24, 2.45) is 0 Å². The normalized spacial score (nSPS) is 11.8. The van der Waals surface area contributed by atoms with Crippen molar-refractivity contribution in [2.75, 3.05) is 18.5 Å². The van der Waals surface area contributed by atoms with Crippen LogP contribution in [0.2, 0.25) is 10.0 Å². The molecule has 0 spiro atoms. The summed E-state index contributed by atoms with van der Waals surface area (Å²) in [6.07, 6.45) is 5.63. The van der Waals surface area contributed by atoms with Gasteiger partial charge in [-0.05, 0) is 25.5 Å². The van der Waals surface area contributed by atoms with Gasteiger partial charge in [-0.15, -0.1) is 0 Å². The van der Waals surface area contributed by atoms with Crippen LogP contribution in [0.15, 0.2) is 18.2 Å². The molecule has 0 aliphatic heterocycles. The zero-order valence-corrected chi connectivity index (χ0v) is 16.3. The number of ether oxygens (including phenoxy) is 1. The van der Waals surface area contributed by atoms with Crippen LogP contribution in [0, 0.1) is 0 Å². The van der Waals surface area contributed by atoms with Crippen molar-refractivity contribution in [1.82, 2.24) is 5.32 Å². The first-order valence-corrected chi connectivity index (χ1v) is 9.30. The van der Waals surface area contributed by atoms with Crippen molar-refractivity contribution in [3.8, 4) is 0 Å². The van der Waals surface area contributed by atoms with Crippen LogP contribution in [0.5, 0.6) is 0 Å². The fourth-order valence-corrected chi connectivity index (χ4v) is 2.64. The summed E-state index contributed by atoms with van der Waals surface area (Å²) in [6, 6.07) is 5.05. The Bertz CT molecular complexity index is 567. The smallest absolute Gasteiger partial charge is 0.250 e. The molecule has 2 N–H and O–H groups in total. The van der Waals surface area contributed by atoms with E-state index < -0.39 is 5.91 Å². The van der Waals surface area contributed by atoms with E-state index in [1.807, 2.05) is 6.92 Å². The Kier molecular flexibility index (Phi) is 10.5. The molecule has 0 aromatic heterocycles. The topological polar surface area (TPSA) is 67.4 Å². The van der Waals surface area contributed by atoms with Crippen LogP contribution in [0.1, 0.15) is 46.0 Å². The number of hydrogen-bond donors (Lipinski definition) is 2. The first kappa shape index (κ1) is 21.7. The molecule has 2 amide bonds. The Morgan fingerprint density at radius 3 is 2.56 bits per heavy atom. The summed E-state index contributed by atoms with van der Waals surface area (Å²) in [5.74, 6) is -0.624. The zero-order chi connectivity index (χ0) is 18.7. The molecule has 0 saturated heterocycles. The Morgan fingerprint density at radius 1 is 1.12 bits per heavy atom. The number of amides is 2. The molecule has 5 nitrogen and oxygen atoms in total. The van der Waals surface area contributed by atoms with Crippen LogP contribution in [0.25, 0.3) is 0 Å². The van der Waals surface area contributed by atoms with Crippen molar-refractivity contribution >= 4 is 40.7 Å². The second-order valence-electron chi connectivity index (χ2n) is 5.96. The second kappa shape index (κ2) is 12.1. The number of halogens is 2. The van der Waals surface area contributed by atoms with Crippen molar-refractivity contribution in [1.29, 1.82) is 0 Å². The van der Waals surface area contributed by atoms with Gasteiger partial charge in [-0.25, -0.2) is 0 Å². The molecule has 0 radical (unpaired) electrons. The van der Waals surface area contributed by atoms with E-state index in [0.29, 0.717) is 10.7 Å². The molecule has 1 unspecified atom stereocenters. The number of carbonyl (C=O) groups is 2. The van der Waals surface area contributed by atoms with Crippen LogP contribution in [0.4, 0.5) is 5.69 Å². The highest BCUT2D eigenvalue weighted by Gasteiger charge is 2.11. The zero-order valence-electron chi connectivity index (χ0n) is 14.7. The van der Waals surface area contributed by atoms with Gasteiger partial charge in [0, 0.05) is 6.04 Å². The molecule has 0 heterocycles. The molecule has 0 aliphatic rings. The number of unbranched alkanes of at least 4 members (excludes halogenated alkanes) is 3. The average molecular weight is 389 g/mol. The van der Waals surface area contributed by atoms with Gasteiger partial charge in [0.2, 0.25) is 11.8 Å². The van der Waals surface area contributed by atoms with Crippen LogP contribution in [-0.4, -0.2) is 31.1 Å². The van der Waals surface area contributed by atoms with E-state index in [1.165, 1.54) is 19.3 Å². The SMILES string of the molecule is CCCCCCC(C)NC(=O)COCC(=O)Nc1cccc(Cl)c1Cl. The minimum Gasteiger partial charge on any atom is -0.362 e. The minimum atomic E-state index is -0.399. The maximum absolute atomic E-state index is 11.8. The van der Waals surface area contributed by atoms with Crippen LogP contribution >= 0.6 is 23.2 Å². The fraction of sp³-hybridized carbons (Fsp3) is 0.556. The third-order valence-electron chi connectivity index (χ3n) is 3.59. The summed E-state index contributed by atoms with van der Waals surface area (Å²) in [6.45, 7) is 3.74. The monoisotopic (exact) mass is 388 g/mol. The van der Waals surface area contributed by atoms with Crippen molar-refractivity contribution in [3.63, 3.8) is 0 Å². The number of hydrogen-bond acceptors (Lipinski definition) is 3. The third-order valence-corrected chi connectivity index (χ3v) is 4.41. The summed E-state index contributed by atoms with van der Waals surface area (Å²) in [4.78, 5) is 23.6. The van der Waals surface area contributed by atoms with E-state index in [9.17, 15) is 9.59 Å². The van der Waals surface area contributed by atoms with Gasteiger partial charge in [0.15, 0.2) is 0 Å². The Labute approximate surface area is 159 Å². The molecule has 0 bridgehead atoms. The summed E-state index contributed by atoms with van der Waals surface area (Å²) in [5, 5.41) is 6.08. The number of anilines is 1. The molecule has 140 valence electrons. The molecule has 1 aromatic carbocycles. The lowest BCUT2D eigenvalue weighted by atomic mass is 10.1. The van der Waals surface area contributed by atoms with Crippen LogP contribution < -0.4 is 10.6 Å². The standard InChI is InChI=1S/C18H26Cl2N2O3/c1-3-4-5-6-8-13(2)21-16(23)11-25-12-17(24)22-15-10-7-9-14(19)18(15)20/h7,9-10,13H,3-6,8,11-12H2,1-2H3,(H,21,23)(H,22,24). The molecule has 0 fully saturated rings. The molecular formula is C18H26Cl2N2O3. The summed E-state index contributed by atoms with van der Waals surface area (Å²) in [7, 11) is 0. The van der Waals surface area contributed by atoms with Gasteiger partial charge in [-0.2, -0.15) is 0 Å². The highest BCUT2D eigenvalue weighted by atomic mass is 35.5. The molecule has 0 saturated carbocycles. The molecule has 1 atom stereocenters. The lowest BCUT2D eigenvalue weighted by Gasteiger charge is -2.14. The second-order valence-corrected chi connectivity index (χ2v) is 6.75. The van der Waals surface area contributed by atoms with E-state index in [2.05, 4.69) is 17.6 Å². The van der Waals surface area contributed by atoms with Gasteiger partial charge < -0.3 is 15.4 Å². The van der Waals surface area contributed by atoms with Gasteiger partial charge in [0.1, 0.15) is 13.2 Å². The van der Waals surface area contributed by atoms with Gasteiger partial charge in [-0.1, -0.05) is 61.9 Å².